The molecule has 2 aromatic rings. The van der Waals surface area contributed by atoms with E-state index in [1.54, 1.807) is 24.3 Å². The molecular formula is C28H37F2N4O3P. The van der Waals surface area contributed by atoms with Crippen LogP contribution < -0.4 is 20.8 Å². The molecule has 1 aromatic heterocycles. The molecule has 0 spiro atoms. The Morgan fingerprint density at radius 3 is 2.47 bits per heavy atom. The highest BCUT2D eigenvalue weighted by atomic mass is 31.2. The first-order valence-corrected chi connectivity index (χ1v) is 15.4. The van der Waals surface area contributed by atoms with Crippen molar-refractivity contribution < 1.29 is 23.2 Å². The smallest absolute Gasteiger partial charge is 0.269 e. The first-order chi connectivity index (χ1) is 18.0. The lowest BCUT2D eigenvalue weighted by Crippen LogP contribution is -2.36. The lowest BCUT2D eigenvalue weighted by atomic mass is 10.0. The van der Waals surface area contributed by atoms with Crippen molar-refractivity contribution in [2.24, 2.45) is 0 Å². The third-order valence-electron chi connectivity index (χ3n) is 7.55. The van der Waals surface area contributed by atoms with Gasteiger partial charge in [-0.2, -0.15) is 8.78 Å². The van der Waals surface area contributed by atoms with E-state index in [9.17, 15) is 23.2 Å². The predicted molar refractivity (Wildman–Crippen MR) is 150 cm³/mol. The van der Waals surface area contributed by atoms with Crippen molar-refractivity contribution in [1.82, 2.24) is 4.98 Å². The number of hydrogen-bond acceptors (Lipinski definition) is 6. The summed E-state index contributed by atoms with van der Waals surface area (Å²) in [4.78, 5) is 20.0. The zero-order valence-corrected chi connectivity index (χ0v) is 23.2. The van der Waals surface area contributed by atoms with Gasteiger partial charge in [0, 0.05) is 29.7 Å². The van der Waals surface area contributed by atoms with Gasteiger partial charge in [0.1, 0.15) is 18.8 Å². The Kier molecular flexibility index (Phi) is 8.58. The quantitative estimate of drug-likeness (QED) is 0.361. The second-order valence-electron chi connectivity index (χ2n) is 11.0. The van der Waals surface area contributed by atoms with Crippen LogP contribution in [0.1, 0.15) is 62.7 Å². The number of carbonyl (C=O) groups excluding carboxylic acids is 1. The number of aliphatic hydroxyl groups excluding tert-OH is 1. The van der Waals surface area contributed by atoms with Crippen molar-refractivity contribution in [3.8, 4) is 0 Å². The molecular weight excluding hydrogens is 509 g/mol. The van der Waals surface area contributed by atoms with Crippen LogP contribution in [0.4, 0.5) is 26.1 Å². The molecule has 3 N–H and O–H groups in total. The lowest BCUT2D eigenvalue weighted by molar-refractivity contribution is 0.102. The predicted octanol–water partition coefficient (Wildman–Crippen LogP) is 5.83. The summed E-state index contributed by atoms with van der Waals surface area (Å²) in [7, 11) is -2.58. The summed E-state index contributed by atoms with van der Waals surface area (Å²) in [6.07, 6.45) is 2.88. The highest BCUT2D eigenvalue weighted by molar-refractivity contribution is 7.71. The topological polar surface area (TPSA) is 94.6 Å². The minimum absolute atomic E-state index is 0.127. The average Bonchev–Trinajstić information content (AvgIpc) is 3.45. The van der Waals surface area contributed by atoms with E-state index in [0.717, 1.165) is 31.0 Å². The molecule has 7 nitrogen and oxygen atoms in total. The molecule has 2 fully saturated rings. The molecule has 1 saturated carbocycles. The van der Waals surface area contributed by atoms with E-state index in [2.05, 4.69) is 15.6 Å². The van der Waals surface area contributed by atoms with E-state index in [0.29, 0.717) is 36.0 Å². The monoisotopic (exact) mass is 546 g/mol. The number of amides is 1. The molecule has 38 heavy (non-hydrogen) atoms. The third-order valence-corrected chi connectivity index (χ3v) is 10.8. The number of aliphatic hydroxyl groups is 1. The van der Waals surface area contributed by atoms with Crippen LogP contribution in [0.25, 0.3) is 0 Å². The summed E-state index contributed by atoms with van der Waals surface area (Å²) in [6.45, 7) is 5.97. The van der Waals surface area contributed by atoms with Crippen molar-refractivity contribution in [2.75, 3.05) is 41.9 Å². The van der Waals surface area contributed by atoms with E-state index in [1.165, 1.54) is 0 Å². The molecule has 0 radical (unpaired) electrons. The second-order valence-corrected chi connectivity index (χ2v) is 14.2. The van der Waals surface area contributed by atoms with Crippen LogP contribution in [0.15, 0.2) is 48.1 Å². The number of benzene rings is 1. The molecule has 1 saturated heterocycles. The summed E-state index contributed by atoms with van der Waals surface area (Å²) in [6, 6.07) is 10.6. The number of rotatable bonds is 8. The van der Waals surface area contributed by atoms with E-state index in [-0.39, 0.29) is 36.6 Å². The summed E-state index contributed by atoms with van der Waals surface area (Å²) in [5, 5.41) is 16.5. The van der Waals surface area contributed by atoms with Crippen LogP contribution in [0, 0.1) is 0 Å². The standard InChI is InChI=1S/C28H37F2N4O3P/c1-28(2,18-35)33-24-12-11-23(26(32-24)34-15-13-19(14-16-34)25(29)30)27(36)31-20-7-6-10-22(17-20)38(3,37)21-8-4-5-9-21/h6-7,10-12,17,21,35H,4-5,8-9,13-16,18H2,1-3H3,(H,31,36)(H,32,33). The summed E-state index contributed by atoms with van der Waals surface area (Å²) in [5.41, 5.74) is 0.527. The SMILES string of the molecule is CC(C)(CO)Nc1ccc(C(=O)Nc2cccc(P(C)(=O)C3CCCC3)c2)c(N2CCC(=C(F)F)CC2)n1. The Balaban J connectivity index is 1.61. The number of nitrogens with one attached hydrogen (secondary N) is 2. The van der Waals surface area contributed by atoms with E-state index in [4.69, 9.17) is 0 Å². The van der Waals surface area contributed by atoms with Crippen LogP contribution in [0.5, 0.6) is 0 Å². The van der Waals surface area contributed by atoms with Crippen molar-refractivity contribution in [1.29, 1.82) is 0 Å². The van der Waals surface area contributed by atoms with Crippen LogP contribution in [0.2, 0.25) is 0 Å². The zero-order valence-electron chi connectivity index (χ0n) is 22.3. The van der Waals surface area contributed by atoms with Crippen molar-refractivity contribution in [2.45, 2.75) is 63.6 Å². The van der Waals surface area contributed by atoms with Gasteiger partial charge in [0.25, 0.3) is 12.0 Å². The fourth-order valence-electron chi connectivity index (χ4n) is 5.17. The Morgan fingerprint density at radius 2 is 1.84 bits per heavy atom. The van der Waals surface area contributed by atoms with E-state index in [1.807, 2.05) is 37.5 Å². The van der Waals surface area contributed by atoms with Crippen LogP contribution in [-0.4, -0.2) is 53.6 Å². The highest BCUT2D eigenvalue weighted by Gasteiger charge is 2.32. The van der Waals surface area contributed by atoms with Gasteiger partial charge < -0.3 is 25.2 Å². The number of nitrogens with zero attached hydrogens (tertiary/aromatic N) is 2. The third kappa shape index (κ3) is 6.44. The van der Waals surface area contributed by atoms with Gasteiger partial charge in [0.2, 0.25) is 0 Å². The Hall–Kier alpha value is -2.77. The summed E-state index contributed by atoms with van der Waals surface area (Å²) >= 11 is 0. The minimum atomic E-state index is -2.58. The average molecular weight is 547 g/mol. The molecule has 1 aliphatic heterocycles. The molecule has 1 aromatic carbocycles. The van der Waals surface area contributed by atoms with Crippen LogP contribution >= 0.6 is 7.14 Å². The summed E-state index contributed by atoms with van der Waals surface area (Å²) in [5.74, 6) is 0.476. The number of aromatic nitrogens is 1. The molecule has 2 aliphatic rings. The highest BCUT2D eigenvalue weighted by Crippen LogP contribution is 2.52. The van der Waals surface area contributed by atoms with Gasteiger partial charge in [-0.3, -0.25) is 4.79 Å². The van der Waals surface area contributed by atoms with Crippen molar-refractivity contribution >= 4 is 35.7 Å². The number of pyridine rings is 1. The largest absolute Gasteiger partial charge is 0.394 e. The van der Waals surface area contributed by atoms with Gasteiger partial charge in [0.05, 0.1) is 17.7 Å². The maximum atomic E-state index is 13.6. The molecule has 0 bridgehead atoms. The Morgan fingerprint density at radius 1 is 1.16 bits per heavy atom. The summed E-state index contributed by atoms with van der Waals surface area (Å²) < 4.78 is 39.9. The Labute approximate surface area is 223 Å². The van der Waals surface area contributed by atoms with Crippen molar-refractivity contribution in [3.63, 3.8) is 0 Å². The minimum Gasteiger partial charge on any atom is -0.394 e. The molecule has 1 atom stereocenters. The van der Waals surface area contributed by atoms with E-state index >= 15 is 0 Å². The number of hydrogen-bond donors (Lipinski definition) is 3. The van der Waals surface area contributed by atoms with Gasteiger partial charge in [0.15, 0.2) is 0 Å². The van der Waals surface area contributed by atoms with Gasteiger partial charge in [-0.15, -0.1) is 0 Å². The maximum Gasteiger partial charge on any atom is 0.269 e. The number of carbonyl (C=O) groups is 1. The fraction of sp³-hybridized carbons (Fsp3) is 0.500. The van der Waals surface area contributed by atoms with Crippen LogP contribution in [-0.2, 0) is 4.57 Å². The van der Waals surface area contributed by atoms with E-state index < -0.39 is 18.8 Å². The van der Waals surface area contributed by atoms with Gasteiger partial charge in [-0.25, -0.2) is 4.98 Å². The molecule has 1 amide bonds. The molecule has 2 heterocycles. The fourth-order valence-corrected chi connectivity index (χ4v) is 7.72. The first kappa shape index (κ1) is 28.2. The number of halogens is 2. The lowest BCUT2D eigenvalue weighted by Gasteiger charge is -2.31. The molecule has 4 rings (SSSR count). The second kappa shape index (κ2) is 11.5. The number of anilines is 3. The van der Waals surface area contributed by atoms with Crippen molar-refractivity contribution in [3.05, 3.63) is 53.6 Å². The van der Waals surface area contributed by atoms with Gasteiger partial charge in [-0.1, -0.05) is 25.0 Å². The molecule has 1 unspecified atom stereocenters. The van der Waals surface area contributed by atoms with Gasteiger partial charge >= 0.3 is 0 Å². The zero-order chi connectivity index (χ0) is 27.5. The normalized spacial score (nSPS) is 18.3. The number of piperidine rings is 1. The Bertz CT molecular complexity index is 1250. The maximum absolute atomic E-state index is 13.6. The molecule has 10 heteroatoms. The van der Waals surface area contributed by atoms with Crippen LogP contribution in [0.3, 0.4) is 0 Å². The van der Waals surface area contributed by atoms with Gasteiger partial charge in [-0.05, 0) is 76.0 Å². The molecule has 206 valence electrons. The molecule has 1 aliphatic carbocycles. The first-order valence-electron chi connectivity index (χ1n) is 13.2.